The Hall–Kier alpha value is -1.58. The summed E-state index contributed by atoms with van der Waals surface area (Å²) in [6.45, 7) is 4.17. The number of nitrogens with zero attached hydrogens (tertiary/aromatic N) is 3. The van der Waals surface area contributed by atoms with Crippen LogP contribution >= 0.6 is 23.2 Å². The molecule has 0 fully saturated rings. The summed E-state index contributed by atoms with van der Waals surface area (Å²) < 4.78 is 2.06. The third-order valence-corrected chi connectivity index (χ3v) is 3.71. The minimum Gasteiger partial charge on any atom is -0.281 e. The molecule has 0 saturated heterocycles. The number of alkyl halides is 1. The summed E-state index contributed by atoms with van der Waals surface area (Å²) in [6, 6.07) is 8.24. The Morgan fingerprint density at radius 3 is 2.48 bits per heavy atom. The molecule has 3 nitrogen and oxygen atoms in total. The summed E-state index contributed by atoms with van der Waals surface area (Å²) >= 11 is 11.9. The molecule has 3 aromatic rings. The number of fused-ring (bicyclic) bond motifs is 1. The maximum Gasteiger partial charge on any atom is 0.164 e. The van der Waals surface area contributed by atoms with Crippen molar-refractivity contribution in [3.63, 3.8) is 0 Å². The first-order valence-electron chi connectivity index (χ1n) is 6.76. The Kier molecular flexibility index (Phi) is 3.87. The fourth-order valence-electron chi connectivity index (χ4n) is 2.59. The molecule has 3 rings (SSSR count). The second-order valence-electron chi connectivity index (χ2n) is 5.14. The predicted octanol–water partition coefficient (Wildman–Crippen LogP) is 4.47. The van der Waals surface area contributed by atoms with Crippen molar-refractivity contribution in [2.45, 2.75) is 20.3 Å². The van der Waals surface area contributed by atoms with Gasteiger partial charge in [0.05, 0.1) is 5.02 Å². The van der Waals surface area contributed by atoms with E-state index in [0.717, 1.165) is 22.7 Å². The van der Waals surface area contributed by atoms with Crippen LogP contribution in [0.15, 0.2) is 30.5 Å². The molecule has 0 aliphatic rings. The third kappa shape index (κ3) is 2.76. The van der Waals surface area contributed by atoms with Crippen molar-refractivity contribution in [3.05, 3.63) is 52.4 Å². The maximum absolute atomic E-state index is 6.02. The van der Waals surface area contributed by atoms with Gasteiger partial charge in [0.25, 0.3) is 0 Å². The first-order chi connectivity index (χ1) is 10.1. The molecule has 0 aliphatic heterocycles. The van der Waals surface area contributed by atoms with Gasteiger partial charge >= 0.3 is 0 Å². The smallest absolute Gasteiger partial charge is 0.164 e. The Morgan fingerprint density at radius 1 is 1.10 bits per heavy atom. The first-order valence-corrected chi connectivity index (χ1v) is 7.67. The molecule has 0 spiro atoms. The second-order valence-corrected chi connectivity index (χ2v) is 5.96. The Bertz CT molecular complexity index is 788. The zero-order valence-corrected chi connectivity index (χ0v) is 13.4. The quantitative estimate of drug-likeness (QED) is 0.667. The normalized spacial score (nSPS) is 11.2. The largest absolute Gasteiger partial charge is 0.281 e. The number of aromatic nitrogens is 3. The predicted molar refractivity (Wildman–Crippen MR) is 87.8 cm³/mol. The van der Waals surface area contributed by atoms with Crippen molar-refractivity contribution in [3.8, 4) is 5.69 Å². The SMILES string of the molecule is Cc1cc(C)cc(-n2c(CCCl)nc3cc(Cl)cnc32)c1. The van der Waals surface area contributed by atoms with Gasteiger partial charge in [0.2, 0.25) is 0 Å². The van der Waals surface area contributed by atoms with Gasteiger partial charge in [-0.05, 0) is 43.2 Å². The van der Waals surface area contributed by atoms with Crippen LogP contribution in [0.1, 0.15) is 17.0 Å². The molecular weight excluding hydrogens is 305 g/mol. The minimum absolute atomic E-state index is 0.516. The van der Waals surface area contributed by atoms with Crippen LogP contribution in [-0.4, -0.2) is 20.4 Å². The van der Waals surface area contributed by atoms with E-state index in [2.05, 4.69) is 46.6 Å². The fourth-order valence-corrected chi connectivity index (χ4v) is 2.91. The lowest BCUT2D eigenvalue weighted by Gasteiger charge is -2.10. The van der Waals surface area contributed by atoms with Crippen LogP contribution in [0.2, 0.25) is 5.02 Å². The number of benzene rings is 1. The van der Waals surface area contributed by atoms with E-state index in [1.165, 1.54) is 11.1 Å². The van der Waals surface area contributed by atoms with Gasteiger partial charge < -0.3 is 0 Å². The van der Waals surface area contributed by atoms with E-state index in [-0.39, 0.29) is 0 Å². The van der Waals surface area contributed by atoms with Crippen LogP contribution in [0, 0.1) is 13.8 Å². The van der Waals surface area contributed by atoms with Crippen molar-refractivity contribution in [1.82, 2.24) is 14.5 Å². The molecule has 108 valence electrons. The first kappa shape index (κ1) is 14.4. The second kappa shape index (κ2) is 5.66. The number of pyridine rings is 1. The summed E-state index contributed by atoms with van der Waals surface area (Å²) in [7, 11) is 0. The number of hydrogen-bond acceptors (Lipinski definition) is 2. The molecule has 0 bridgehead atoms. The highest BCUT2D eigenvalue weighted by Gasteiger charge is 2.14. The molecule has 0 amide bonds. The lowest BCUT2D eigenvalue weighted by atomic mass is 10.1. The lowest BCUT2D eigenvalue weighted by molar-refractivity contribution is 0.903. The van der Waals surface area contributed by atoms with Gasteiger partial charge in [0.1, 0.15) is 11.3 Å². The number of imidazole rings is 1. The van der Waals surface area contributed by atoms with Crippen molar-refractivity contribution in [1.29, 1.82) is 0 Å². The molecule has 0 atom stereocenters. The fraction of sp³-hybridized carbons (Fsp3) is 0.250. The molecule has 1 aromatic carbocycles. The van der Waals surface area contributed by atoms with Crippen LogP contribution in [0.25, 0.3) is 16.9 Å². The van der Waals surface area contributed by atoms with E-state index in [1.54, 1.807) is 6.20 Å². The molecule has 21 heavy (non-hydrogen) atoms. The lowest BCUT2D eigenvalue weighted by Crippen LogP contribution is -2.03. The van der Waals surface area contributed by atoms with Gasteiger partial charge in [-0.25, -0.2) is 9.97 Å². The molecule has 5 heteroatoms. The molecule has 0 unspecified atom stereocenters. The van der Waals surface area contributed by atoms with E-state index in [0.29, 0.717) is 17.3 Å². The standard InChI is InChI=1S/C16H15Cl2N3/c1-10-5-11(2)7-13(6-10)21-15(3-4-17)20-14-8-12(18)9-19-16(14)21/h5-9H,3-4H2,1-2H3. The van der Waals surface area contributed by atoms with E-state index in [1.807, 2.05) is 6.07 Å². The van der Waals surface area contributed by atoms with E-state index in [4.69, 9.17) is 23.2 Å². The van der Waals surface area contributed by atoms with Crippen molar-refractivity contribution >= 4 is 34.4 Å². The Labute approximate surface area is 133 Å². The Morgan fingerprint density at radius 2 is 1.81 bits per heavy atom. The van der Waals surface area contributed by atoms with Crippen molar-refractivity contribution < 1.29 is 0 Å². The van der Waals surface area contributed by atoms with Crippen LogP contribution in [0.5, 0.6) is 0 Å². The average molecular weight is 320 g/mol. The number of halogens is 2. The number of aryl methyl sites for hydroxylation is 3. The molecule has 0 N–H and O–H groups in total. The highest BCUT2D eigenvalue weighted by atomic mass is 35.5. The summed E-state index contributed by atoms with van der Waals surface area (Å²) in [5, 5.41) is 0.588. The molecule has 2 heterocycles. The monoisotopic (exact) mass is 319 g/mol. The number of rotatable bonds is 3. The summed E-state index contributed by atoms with van der Waals surface area (Å²) in [4.78, 5) is 9.08. The molecule has 0 aliphatic carbocycles. The van der Waals surface area contributed by atoms with Gasteiger partial charge in [0.15, 0.2) is 5.65 Å². The van der Waals surface area contributed by atoms with Crippen LogP contribution in [0.3, 0.4) is 0 Å². The molecular formula is C16H15Cl2N3. The van der Waals surface area contributed by atoms with E-state index < -0.39 is 0 Å². The van der Waals surface area contributed by atoms with Crippen LogP contribution in [-0.2, 0) is 6.42 Å². The highest BCUT2D eigenvalue weighted by Crippen LogP contribution is 2.24. The van der Waals surface area contributed by atoms with Crippen molar-refractivity contribution in [2.24, 2.45) is 0 Å². The number of hydrogen-bond donors (Lipinski definition) is 0. The summed E-state index contributed by atoms with van der Waals surface area (Å²) in [6.07, 6.45) is 2.33. The topological polar surface area (TPSA) is 30.7 Å². The van der Waals surface area contributed by atoms with Crippen LogP contribution < -0.4 is 0 Å². The molecule has 2 aromatic heterocycles. The highest BCUT2D eigenvalue weighted by molar-refractivity contribution is 6.31. The zero-order chi connectivity index (χ0) is 15.0. The van der Waals surface area contributed by atoms with Gasteiger partial charge in [0, 0.05) is 24.2 Å². The van der Waals surface area contributed by atoms with E-state index >= 15 is 0 Å². The maximum atomic E-state index is 6.02. The van der Waals surface area contributed by atoms with Crippen LogP contribution in [0.4, 0.5) is 0 Å². The van der Waals surface area contributed by atoms with Gasteiger partial charge in [-0.2, -0.15) is 0 Å². The van der Waals surface area contributed by atoms with E-state index in [9.17, 15) is 0 Å². The summed E-state index contributed by atoms with van der Waals surface area (Å²) in [5.74, 6) is 1.42. The van der Waals surface area contributed by atoms with Gasteiger partial charge in [-0.1, -0.05) is 17.7 Å². The molecule has 0 radical (unpaired) electrons. The average Bonchev–Trinajstić information content (AvgIpc) is 2.75. The minimum atomic E-state index is 0.516. The molecule has 0 saturated carbocycles. The van der Waals surface area contributed by atoms with Gasteiger partial charge in [-0.3, -0.25) is 4.57 Å². The van der Waals surface area contributed by atoms with Gasteiger partial charge in [-0.15, -0.1) is 11.6 Å². The third-order valence-electron chi connectivity index (χ3n) is 3.32. The summed E-state index contributed by atoms with van der Waals surface area (Å²) in [5.41, 5.74) is 5.08. The van der Waals surface area contributed by atoms with Crippen molar-refractivity contribution in [2.75, 3.05) is 5.88 Å². The Balaban J connectivity index is 2.30. The zero-order valence-electron chi connectivity index (χ0n) is 11.9.